The highest BCUT2D eigenvalue weighted by Gasteiger charge is 1.80. The molecule has 0 unspecified atom stereocenters. The summed E-state index contributed by atoms with van der Waals surface area (Å²) in [5, 5.41) is 0. The van der Waals surface area contributed by atoms with Gasteiger partial charge in [-0.05, 0) is 0 Å². The van der Waals surface area contributed by atoms with Crippen LogP contribution in [0.1, 0.15) is 0 Å². The van der Waals surface area contributed by atoms with Gasteiger partial charge in [0.05, 0.1) is 0 Å². The van der Waals surface area contributed by atoms with Gasteiger partial charge >= 0.3 is 0 Å². The number of hydrogen-bond donors (Lipinski definition) is 0. The van der Waals surface area contributed by atoms with Gasteiger partial charge in [0, 0.05) is 0 Å². The second-order valence-electron chi connectivity index (χ2n) is 0.214. The molecule has 0 saturated carbocycles. The molecule has 0 aromatic heterocycles. The minimum atomic E-state index is 0.514. The molecular formula is CBr2Cl. The smallest absolute Gasteiger partial charge is 0.0900 e. The Morgan fingerprint density at radius 3 is 1.50 bits per heavy atom. The van der Waals surface area contributed by atoms with Crippen LogP contribution in [0.3, 0.4) is 0 Å². The Morgan fingerprint density at radius 1 is 1.50 bits per heavy atom. The van der Waals surface area contributed by atoms with E-state index in [2.05, 4.69) is 31.9 Å². The van der Waals surface area contributed by atoms with Crippen molar-refractivity contribution in [3.63, 3.8) is 0 Å². The second kappa shape index (κ2) is 2.49. The fourth-order valence-corrected chi connectivity index (χ4v) is 0. The van der Waals surface area contributed by atoms with Crippen LogP contribution >= 0.6 is 43.5 Å². The molecule has 0 atom stereocenters. The molecule has 1 radical (unpaired) electrons. The van der Waals surface area contributed by atoms with E-state index in [1.165, 1.54) is 0 Å². The molecule has 0 aromatic carbocycles. The van der Waals surface area contributed by atoms with Gasteiger partial charge in [-0.2, -0.15) is 0 Å². The van der Waals surface area contributed by atoms with Crippen molar-refractivity contribution < 1.29 is 0 Å². The van der Waals surface area contributed by atoms with Gasteiger partial charge in [0.2, 0.25) is 0 Å². The van der Waals surface area contributed by atoms with Crippen molar-refractivity contribution in [3.05, 3.63) is 3.20 Å². The number of hydrogen-bond acceptors (Lipinski definition) is 0. The average molecular weight is 207 g/mol. The molecule has 0 aromatic rings. The third-order valence-electron chi connectivity index (χ3n) is 0. The van der Waals surface area contributed by atoms with Gasteiger partial charge in [-0.3, -0.25) is 0 Å². The SMILES string of the molecule is Cl[C](Br)Br. The second-order valence-corrected chi connectivity index (χ2v) is 4.16. The standard InChI is InChI=1S/CBr2Cl/c2-1(3)4. The highest BCUT2D eigenvalue weighted by Crippen LogP contribution is 2.21. The Bertz CT molecular complexity index is 10.8. The van der Waals surface area contributed by atoms with Gasteiger partial charge in [-0.15, -0.1) is 0 Å². The summed E-state index contributed by atoms with van der Waals surface area (Å²) >= 11 is 10.8. The van der Waals surface area contributed by atoms with Crippen molar-refractivity contribution in [2.75, 3.05) is 0 Å². The van der Waals surface area contributed by atoms with Crippen molar-refractivity contribution in [3.8, 4) is 0 Å². The molecular weight excluding hydrogens is 207 g/mol. The third kappa shape index (κ3) is 10.5. The average Bonchev–Trinajstić information content (AvgIpc) is 0.811. The molecule has 0 aliphatic rings. The molecule has 0 spiro atoms. The van der Waals surface area contributed by atoms with E-state index in [1.54, 1.807) is 0 Å². The van der Waals surface area contributed by atoms with Crippen LogP contribution < -0.4 is 0 Å². The first-order chi connectivity index (χ1) is 1.73. The molecule has 0 aliphatic heterocycles. The number of halogens is 3. The molecule has 4 heavy (non-hydrogen) atoms. The van der Waals surface area contributed by atoms with Crippen LogP contribution in [0.25, 0.3) is 0 Å². The van der Waals surface area contributed by atoms with Crippen LogP contribution in [0, 0.1) is 3.20 Å². The minimum absolute atomic E-state index is 0.514. The first kappa shape index (κ1) is 5.25. The summed E-state index contributed by atoms with van der Waals surface area (Å²) in [4.78, 5) is 0. The monoisotopic (exact) mass is 205 g/mol. The van der Waals surface area contributed by atoms with Crippen LogP contribution in [0.5, 0.6) is 0 Å². The minimum Gasteiger partial charge on any atom is -0.0900 e. The Kier molecular flexibility index (Phi) is 3.26. The van der Waals surface area contributed by atoms with E-state index >= 15 is 0 Å². The zero-order valence-corrected chi connectivity index (χ0v) is 5.56. The maximum Gasteiger partial charge on any atom is 0.192 e. The molecule has 3 heteroatoms. The van der Waals surface area contributed by atoms with E-state index < -0.39 is 0 Å². The first-order valence-corrected chi connectivity index (χ1v) is 2.53. The maximum atomic E-state index is 5.02. The predicted molar refractivity (Wildman–Crippen MR) is 26.9 cm³/mol. The lowest BCUT2D eigenvalue weighted by molar-refractivity contribution is 2.62. The lowest BCUT2D eigenvalue weighted by Gasteiger charge is -1.67. The van der Waals surface area contributed by atoms with Crippen molar-refractivity contribution in [2.24, 2.45) is 0 Å². The summed E-state index contributed by atoms with van der Waals surface area (Å²) in [5.74, 6) is 0. The van der Waals surface area contributed by atoms with Gasteiger partial charge in [0.15, 0.2) is 3.20 Å². The van der Waals surface area contributed by atoms with Gasteiger partial charge in [0.25, 0.3) is 0 Å². The summed E-state index contributed by atoms with van der Waals surface area (Å²) in [6.07, 6.45) is 0. The van der Waals surface area contributed by atoms with E-state index in [1.807, 2.05) is 0 Å². The third-order valence-corrected chi connectivity index (χ3v) is 0. The Labute approximate surface area is 46.8 Å². The molecule has 25 valence electrons. The van der Waals surface area contributed by atoms with Crippen molar-refractivity contribution >= 4 is 43.5 Å². The molecule has 0 nitrogen and oxygen atoms in total. The molecule has 0 amide bonds. The van der Waals surface area contributed by atoms with Crippen molar-refractivity contribution in [1.82, 2.24) is 0 Å². The molecule has 0 saturated heterocycles. The zero-order valence-electron chi connectivity index (χ0n) is 1.63. The lowest BCUT2D eigenvalue weighted by Crippen LogP contribution is -1.33. The predicted octanol–water partition coefficient (Wildman–Crippen LogP) is 2.46. The Hall–Kier alpha value is 1.25. The summed E-state index contributed by atoms with van der Waals surface area (Å²) in [7, 11) is 0. The summed E-state index contributed by atoms with van der Waals surface area (Å²) in [6, 6.07) is 0. The van der Waals surface area contributed by atoms with E-state index in [0.29, 0.717) is 3.20 Å². The largest absolute Gasteiger partial charge is 0.192 e. The van der Waals surface area contributed by atoms with E-state index in [9.17, 15) is 0 Å². The molecule has 0 N–H and O–H groups in total. The van der Waals surface area contributed by atoms with Gasteiger partial charge in [0.1, 0.15) is 0 Å². The summed E-state index contributed by atoms with van der Waals surface area (Å²) in [6.45, 7) is 0. The topological polar surface area (TPSA) is 0 Å². The molecule has 0 aliphatic carbocycles. The van der Waals surface area contributed by atoms with Crippen LogP contribution in [0.4, 0.5) is 0 Å². The van der Waals surface area contributed by atoms with Crippen LogP contribution in [0.15, 0.2) is 0 Å². The summed E-state index contributed by atoms with van der Waals surface area (Å²) < 4.78 is 0.514. The van der Waals surface area contributed by atoms with E-state index in [-0.39, 0.29) is 0 Å². The fourth-order valence-electron chi connectivity index (χ4n) is 0. The summed E-state index contributed by atoms with van der Waals surface area (Å²) in [5.41, 5.74) is 0. The molecule has 0 bridgehead atoms. The quantitative estimate of drug-likeness (QED) is 0.572. The van der Waals surface area contributed by atoms with Crippen LogP contribution in [-0.4, -0.2) is 0 Å². The highest BCUT2D eigenvalue weighted by molar-refractivity contribution is 9.28. The number of rotatable bonds is 0. The first-order valence-electron chi connectivity index (χ1n) is 0.567. The van der Waals surface area contributed by atoms with Crippen molar-refractivity contribution in [1.29, 1.82) is 0 Å². The molecule has 0 rings (SSSR count). The van der Waals surface area contributed by atoms with Crippen molar-refractivity contribution in [2.45, 2.75) is 0 Å². The molecule has 0 fully saturated rings. The maximum absolute atomic E-state index is 5.02. The zero-order chi connectivity index (χ0) is 3.58. The van der Waals surface area contributed by atoms with E-state index in [0.717, 1.165) is 0 Å². The normalized spacial score (nSPS) is 9.00. The lowest BCUT2D eigenvalue weighted by atomic mass is 11.9. The van der Waals surface area contributed by atoms with Gasteiger partial charge in [-0.1, -0.05) is 43.5 Å². The van der Waals surface area contributed by atoms with Gasteiger partial charge in [-0.25, -0.2) is 0 Å². The Balaban J connectivity index is 2.32. The van der Waals surface area contributed by atoms with E-state index in [4.69, 9.17) is 11.6 Å². The van der Waals surface area contributed by atoms with Crippen LogP contribution in [-0.2, 0) is 0 Å². The molecule has 0 heterocycles. The fraction of sp³-hybridized carbons (Fsp3) is 0. The highest BCUT2D eigenvalue weighted by atomic mass is 79.9. The Morgan fingerprint density at radius 2 is 1.50 bits per heavy atom. The van der Waals surface area contributed by atoms with Gasteiger partial charge < -0.3 is 0 Å². The van der Waals surface area contributed by atoms with Crippen LogP contribution in [0.2, 0.25) is 0 Å².